The summed E-state index contributed by atoms with van der Waals surface area (Å²) in [6, 6.07) is 15.8. The third kappa shape index (κ3) is 4.31. The minimum atomic E-state index is -0.120. The number of carbonyl (C=O) groups excluding carboxylic acids is 1. The molecule has 6 heteroatoms. The average molecular weight is 390 g/mol. The molecule has 4 rings (SSSR count). The van der Waals surface area contributed by atoms with Crippen LogP contribution < -0.4 is 10.2 Å². The molecule has 150 valence electrons. The Morgan fingerprint density at radius 1 is 1.14 bits per heavy atom. The monoisotopic (exact) mass is 389 g/mol. The Hall–Kier alpha value is -3.15. The first-order chi connectivity index (χ1) is 14.0. The number of aromatic amines is 1. The fourth-order valence-corrected chi connectivity index (χ4v) is 3.50. The van der Waals surface area contributed by atoms with Crippen molar-refractivity contribution in [3.8, 4) is 11.4 Å². The van der Waals surface area contributed by atoms with Crippen LogP contribution in [0.3, 0.4) is 0 Å². The molecule has 0 atom stereocenters. The molecule has 0 saturated heterocycles. The lowest BCUT2D eigenvalue weighted by Gasteiger charge is -2.27. The lowest BCUT2D eigenvalue weighted by Crippen LogP contribution is -2.30. The molecule has 1 saturated carbocycles. The van der Waals surface area contributed by atoms with Crippen molar-refractivity contribution in [2.45, 2.75) is 45.6 Å². The molecule has 29 heavy (non-hydrogen) atoms. The van der Waals surface area contributed by atoms with E-state index >= 15 is 0 Å². The van der Waals surface area contributed by atoms with Crippen molar-refractivity contribution in [3.63, 3.8) is 0 Å². The summed E-state index contributed by atoms with van der Waals surface area (Å²) < 4.78 is 0. The van der Waals surface area contributed by atoms with Crippen molar-refractivity contribution >= 4 is 17.3 Å². The van der Waals surface area contributed by atoms with Gasteiger partial charge in [-0.1, -0.05) is 0 Å². The van der Waals surface area contributed by atoms with E-state index in [0.29, 0.717) is 23.3 Å². The molecule has 0 bridgehead atoms. The molecule has 1 aliphatic rings. The molecular weight excluding hydrogens is 362 g/mol. The van der Waals surface area contributed by atoms with E-state index in [0.717, 1.165) is 29.3 Å². The maximum Gasteiger partial charge on any atom is 0.255 e. The molecule has 3 aromatic rings. The lowest BCUT2D eigenvalue weighted by atomic mass is 10.1. The smallest absolute Gasteiger partial charge is 0.255 e. The van der Waals surface area contributed by atoms with E-state index in [1.165, 1.54) is 12.8 Å². The van der Waals surface area contributed by atoms with E-state index in [-0.39, 0.29) is 5.91 Å². The second-order valence-corrected chi connectivity index (χ2v) is 7.78. The summed E-state index contributed by atoms with van der Waals surface area (Å²) in [6.45, 7) is 7.40. The van der Waals surface area contributed by atoms with Gasteiger partial charge in [0.05, 0.1) is 0 Å². The van der Waals surface area contributed by atoms with Crippen LogP contribution in [0.5, 0.6) is 0 Å². The maximum atomic E-state index is 12.6. The molecule has 0 unspecified atom stereocenters. The Morgan fingerprint density at radius 2 is 1.83 bits per heavy atom. The molecule has 6 nitrogen and oxygen atoms in total. The fourth-order valence-electron chi connectivity index (χ4n) is 3.50. The van der Waals surface area contributed by atoms with Crippen molar-refractivity contribution in [3.05, 3.63) is 59.9 Å². The number of aromatic nitrogens is 3. The summed E-state index contributed by atoms with van der Waals surface area (Å²) in [5.74, 6) is 2.10. The SMILES string of the molecule is CCN(c1ccc(C(=O)Nc2ccc(-c3n[nH]c(C4CC4)n3)cc2)cc1)C(C)C. The summed E-state index contributed by atoms with van der Waals surface area (Å²) >= 11 is 0. The topological polar surface area (TPSA) is 73.9 Å². The number of amides is 1. The Kier molecular flexibility index (Phi) is 5.34. The van der Waals surface area contributed by atoms with Crippen molar-refractivity contribution < 1.29 is 4.79 Å². The van der Waals surface area contributed by atoms with Crippen LogP contribution in [0.25, 0.3) is 11.4 Å². The van der Waals surface area contributed by atoms with Crippen LogP contribution in [-0.4, -0.2) is 33.7 Å². The van der Waals surface area contributed by atoms with Gasteiger partial charge in [0.25, 0.3) is 5.91 Å². The molecule has 1 aromatic heterocycles. The number of rotatable bonds is 7. The second-order valence-electron chi connectivity index (χ2n) is 7.78. The van der Waals surface area contributed by atoms with Crippen LogP contribution in [-0.2, 0) is 0 Å². The van der Waals surface area contributed by atoms with Gasteiger partial charge in [0.2, 0.25) is 0 Å². The van der Waals surface area contributed by atoms with E-state index in [9.17, 15) is 4.79 Å². The standard InChI is InChI=1S/C23H27N5O/c1-4-28(15(2)3)20-13-9-18(10-14-20)23(29)24-19-11-7-17(8-12-19)22-25-21(26-27-22)16-5-6-16/h7-16H,4-6H2,1-3H3,(H,24,29)(H,25,26,27). The normalized spacial score (nSPS) is 13.5. The van der Waals surface area contributed by atoms with Gasteiger partial charge >= 0.3 is 0 Å². The van der Waals surface area contributed by atoms with E-state index in [2.05, 4.69) is 46.2 Å². The highest BCUT2D eigenvalue weighted by atomic mass is 16.1. The minimum Gasteiger partial charge on any atom is -0.369 e. The highest BCUT2D eigenvalue weighted by molar-refractivity contribution is 6.04. The lowest BCUT2D eigenvalue weighted by molar-refractivity contribution is 0.102. The zero-order chi connectivity index (χ0) is 20.4. The second kappa shape index (κ2) is 8.07. The molecule has 1 amide bonds. The van der Waals surface area contributed by atoms with E-state index in [1.54, 1.807) is 0 Å². The molecule has 1 heterocycles. The first-order valence-corrected chi connectivity index (χ1v) is 10.3. The fraction of sp³-hybridized carbons (Fsp3) is 0.348. The minimum absolute atomic E-state index is 0.120. The van der Waals surface area contributed by atoms with Crippen LogP contribution in [0.4, 0.5) is 11.4 Å². The first kappa shape index (κ1) is 19.2. The maximum absolute atomic E-state index is 12.6. The van der Waals surface area contributed by atoms with Crippen LogP contribution in [0.1, 0.15) is 55.7 Å². The third-order valence-electron chi connectivity index (χ3n) is 5.29. The summed E-state index contributed by atoms with van der Waals surface area (Å²) in [5.41, 5.74) is 3.45. The quantitative estimate of drug-likeness (QED) is 0.607. The number of hydrogen-bond donors (Lipinski definition) is 2. The number of hydrogen-bond acceptors (Lipinski definition) is 4. The molecule has 1 fully saturated rings. The average Bonchev–Trinajstić information content (AvgIpc) is 3.46. The van der Waals surface area contributed by atoms with Crippen molar-refractivity contribution in [1.29, 1.82) is 0 Å². The van der Waals surface area contributed by atoms with Crippen molar-refractivity contribution in [2.24, 2.45) is 0 Å². The highest BCUT2D eigenvalue weighted by Gasteiger charge is 2.27. The molecule has 0 spiro atoms. The predicted octanol–water partition coefficient (Wildman–Crippen LogP) is 4.84. The molecule has 2 N–H and O–H groups in total. The molecule has 0 radical (unpaired) electrons. The number of nitrogens with one attached hydrogen (secondary N) is 2. The Morgan fingerprint density at radius 3 is 2.41 bits per heavy atom. The van der Waals surface area contributed by atoms with Gasteiger partial charge in [0, 0.05) is 41.0 Å². The summed E-state index contributed by atoms with van der Waals surface area (Å²) in [5, 5.41) is 10.3. The van der Waals surface area contributed by atoms with Gasteiger partial charge in [-0.2, -0.15) is 5.10 Å². The first-order valence-electron chi connectivity index (χ1n) is 10.3. The van der Waals surface area contributed by atoms with E-state index < -0.39 is 0 Å². The predicted molar refractivity (Wildman–Crippen MR) is 116 cm³/mol. The van der Waals surface area contributed by atoms with Crippen molar-refractivity contribution in [1.82, 2.24) is 15.2 Å². The largest absolute Gasteiger partial charge is 0.369 e. The Balaban J connectivity index is 1.41. The van der Waals surface area contributed by atoms with Gasteiger partial charge in [-0.15, -0.1) is 0 Å². The Bertz CT molecular complexity index is 971. The van der Waals surface area contributed by atoms with Crippen LogP contribution >= 0.6 is 0 Å². The van der Waals surface area contributed by atoms with Gasteiger partial charge in [-0.3, -0.25) is 9.89 Å². The van der Waals surface area contributed by atoms with Crippen LogP contribution in [0.15, 0.2) is 48.5 Å². The van der Waals surface area contributed by atoms with Gasteiger partial charge in [-0.05, 0) is 82.1 Å². The molecule has 2 aromatic carbocycles. The van der Waals surface area contributed by atoms with Crippen LogP contribution in [0.2, 0.25) is 0 Å². The van der Waals surface area contributed by atoms with E-state index in [4.69, 9.17) is 0 Å². The summed E-state index contributed by atoms with van der Waals surface area (Å²) in [7, 11) is 0. The number of nitrogens with zero attached hydrogens (tertiary/aromatic N) is 3. The van der Waals surface area contributed by atoms with Gasteiger partial charge in [0.15, 0.2) is 5.82 Å². The van der Waals surface area contributed by atoms with Gasteiger partial charge in [0.1, 0.15) is 5.82 Å². The zero-order valence-corrected chi connectivity index (χ0v) is 17.1. The van der Waals surface area contributed by atoms with Gasteiger partial charge < -0.3 is 10.2 Å². The Labute approximate surface area is 171 Å². The van der Waals surface area contributed by atoms with E-state index in [1.807, 2.05) is 48.5 Å². The van der Waals surface area contributed by atoms with Gasteiger partial charge in [-0.25, -0.2) is 4.98 Å². The molecular formula is C23H27N5O. The molecule has 1 aliphatic carbocycles. The van der Waals surface area contributed by atoms with Crippen molar-refractivity contribution in [2.75, 3.05) is 16.8 Å². The summed E-state index contributed by atoms with van der Waals surface area (Å²) in [6.07, 6.45) is 2.38. The third-order valence-corrected chi connectivity index (χ3v) is 5.29. The highest BCUT2D eigenvalue weighted by Crippen LogP contribution is 2.38. The number of H-pyrrole nitrogens is 1. The van der Waals surface area contributed by atoms with Crippen LogP contribution in [0, 0.1) is 0 Å². The number of anilines is 2. The summed E-state index contributed by atoms with van der Waals surface area (Å²) in [4.78, 5) is 19.4. The number of carbonyl (C=O) groups is 1. The number of benzene rings is 2. The zero-order valence-electron chi connectivity index (χ0n) is 17.1. The molecule has 0 aliphatic heterocycles.